The van der Waals surface area contributed by atoms with Gasteiger partial charge in [-0.05, 0) is 24.6 Å². The summed E-state index contributed by atoms with van der Waals surface area (Å²) in [7, 11) is 1.36. The minimum atomic E-state index is -0.361. The van der Waals surface area contributed by atoms with Gasteiger partial charge in [-0.1, -0.05) is 23.5 Å². The summed E-state index contributed by atoms with van der Waals surface area (Å²) in [6, 6.07) is 7.95. The van der Waals surface area contributed by atoms with Crippen LogP contribution in [0.5, 0.6) is 0 Å². The molecule has 0 aliphatic heterocycles. The molecule has 0 amide bonds. The molecule has 2 aromatic rings. The van der Waals surface area contributed by atoms with Crippen LogP contribution in [0, 0.1) is 6.92 Å². The number of nitrogens with zero attached hydrogens (tertiary/aromatic N) is 1. The summed E-state index contributed by atoms with van der Waals surface area (Å²) in [5, 5.41) is 3.82. The van der Waals surface area contributed by atoms with Crippen LogP contribution in [0.4, 0.5) is 10.8 Å². The summed E-state index contributed by atoms with van der Waals surface area (Å²) in [6.45, 7) is 2.02. The first-order valence-corrected chi connectivity index (χ1v) is 5.88. The minimum absolute atomic E-state index is 0.361. The van der Waals surface area contributed by atoms with Crippen molar-refractivity contribution in [3.8, 4) is 0 Å². The van der Waals surface area contributed by atoms with Gasteiger partial charge in [0.25, 0.3) is 0 Å². The summed E-state index contributed by atoms with van der Waals surface area (Å²) in [4.78, 5) is 15.9. The third-order valence-electron chi connectivity index (χ3n) is 2.16. The molecule has 1 aromatic carbocycles. The molecule has 0 aliphatic rings. The predicted molar refractivity (Wildman–Crippen MR) is 67.9 cm³/mol. The van der Waals surface area contributed by atoms with E-state index in [0.717, 1.165) is 5.69 Å². The van der Waals surface area contributed by atoms with Crippen LogP contribution in [0.1, 0.15) is 15.2 Å². The molecule has 0 atom stereocenters. The van der Waals surface area contributed by atoms with Gasteiger partial charge in [0.15, 0.2) is 5.13 Å². The molecule has 0 spiro atoms. The Morgan fingerprint density at radius 2 is 2.29 bits per heavy atom. The Balaban J connectivity index is 2.14. The van der Waals surface area contributed by atoms with E-state index in [1.54, 1.807) is 0 Å². The lowest BCUT2D eigenvalue weighted by Gasteiger charge is -2.02. The zero-order valence-corrected chi connectivity index (χ0v) is 10.4. The van der Waals surface area contributed by atoms with Crippen LogP contribution in [-0.2, 0) is 4.74 Å². The molecular formula is C12H12N2O2S. The standard InChI is InChI=1S/C12H12N2O2S/c1-8-4-3-5-9(6-8)14-12-13-7-10(17-12)11(15)16-2/h3-7H,1-2H3,(H,13,14). The predicted octanol–water partition coefficient (Wildman–Crippen LogP) is 2.98. The molecule has 88 valence electrons. The highest BCUT2D eigenvalue weighted by atomic mass is 32.1. The quantitative estimate of drug-likeness (QED) is 0.848. The molecular weight excluding hydrogens is 236 g/mol. The van der Waals surface area contributed by atoms with Gasteiger partial charge in [-0.25, -0.2) is 9.78 Å². The average Bonchev–Trinajstić information content (AvgIpc) is 2.76. The molecule has 17 heavy (non-hydrogen) atoms. The van der Waals surface area contributed by atoms with E-state index in [0.29, 0.717) is 10.0 Å². The van der Waals surface area contributed by atoms with Crippen molar-refractivity contribution in [1.29, 1.82) is 0 Å². The number of carbonyl (C=O) groups is 1. The number of carbonyl (C=O) groups excluding carboxylic acids is 1. The van der Waals surface area contributed by atoms with Gasteiger partial charge in [0.1, 0.15) is 4.88 Å². The normalized spacial score (nSPS) is 10.0. The highest BCUT2D eigenvalue weighted by molar-refractivity contribution is 7.17. The number of aromatic nitrogens is 1. The first-order valence-electron chi connectivity index (χ1n) is 5.07. The number of benzene rings is 1. The SMILES string of the molecule is COC(=O)c1cnc(Nc2cccc(C)c2)s1. The molecule has 0 saturated heterocycles. The number of ether oxygens (including phenoxy) is 1. The second kappa shape index (κ2) is 4.97. The van der Waals surface area contributed by atoms with Crippen LogP contribution in [0.3, 0.4) is 0 Å². The smallest absolute Gasteiger partial charge is 0.349 e. The maximum atomic E-state index is 11.3. The molecule has 4 nitrogen and oxygen atoms in total. The number of thiazole rings is 1. The van der Waals surface area contributed by atoms with E-state index in [4.69, 9.17) is 0 Å². The zero-order chi connectivity index (χ0) is 12.3. The largest absolute Gasteiger partial charge is 0.465 e. The van der Waals surface area contributed by atoms with Crippen molar-refractivity contribution < 1.29 is 9.53 Å². The summed E-state index contributed by atoms with van der Waals surface area (Å²) < 4.78 is 4.62. The Bertz CT molecular complexity index is 537. The second-order valence-corrected chi connectivity index (χ2v) is 4.55. The molecule has 0 unspecified atom stereocenters. The minimum Gasteiger partial charge on any atom is -0.465 e. The van der Waals surface area contributed by atoms with Crippen LogP contribution < -0.4 is 5.32 Å². The van der Waals surface area contributed by atoms with E-state index in [-0.39, 0.29) is 5.97 Å². The van der Waals surface area contributed by atoms with Gasteiger partial charge in [0.2, 0.25) is 0 Å². The van der Waals surface area contributed by atoms with Crippen LogP contribution in [0.15, 0.2) is 30.5 Å². The van der Waals surface area contributed by atoms with Crippen molar-refractivity contribution in [1.82, 2.24) is 4.98 Å². The van der Waals surface area contributed by atoms with E-state index in [1.807, 2.05) is 31.2 Å². The van der Waals surface area contributed by atoms with Gasteiger partial charge in [-0.2, -0.15) is 0 Å². The van der Waals surface area contributed by atoms with Crippen LogP contribution >= 0.6 is 11.3 Å². The number of hydrogen-bond acceptors (Lipinski definition) is 5. The lowest BCUT2D eigenvalue weighted by atomic mass is 10.2. The maximum absolute atomic E-state index is 11.3. The van der Waals surface area contributed by atoms with Crippen molar-refractivity contribution in [2.24, 2.45) is 0 Å². The number of aryl methyl sites for hydroxylation is 1. The first-order chi connectivity index (χ1) is 8.19. The van der Waals surface area contributed by atoms with Gasteiger partial charge in [-0.15, -0.1) is 0 Å². The third kappa shape index (κ3) is 2.82. The number of methoxy groups -OCH3 is 1. The number of esters is 1. The fourth-order valence-electron chi connectivity index (χ4n) is 1.37. The van der Waals surface area contributed by atoms with E-state index in [9.17, 15) is 4.79 Å². The van der Waals surface area contributed by atoms with E-state index < -0.39 is 0 Å². The Morgan fingerprint density at radius 3 is 3.00 bits per heavy atom. The van der Waals surface area contributed by atoms with E-state index >= 15 is 0 Å². The summed E-state index contributed by atoms with van der Waals surface area (Å²) in [6.07, 6.45) is 1.51. The molecule has 1 N–H and O–H groups in total. The first kappa shape index (κ1) is 11.6. The number of rotatable bonds is 3. The molecule has 1 heterocycles. The van der Waals surface area contributed by atoms with Gasteiger partial charge < -0.3 is 10.1 Å². The number of nitrogens with one attached hydrogen (secondary N) is 1. The van der Waals surface area contributed by atoms with Gasteiger partial charge >= 0.3 is 5.97 Å². The fraction of sp³-hybridized carbons (Fsp3) is 0.167. The molecule has 5 heteroatoms. The molecule has 0 bridgehead atoms. The third-order valence-corrected chi connectivity index (χ3v) is 3.05. The Hall–Kier alpha value is -1.88. The van der Waals surface area contributed by atoms with Gasteiger partial charge in [0, 0.05) is 5.69 Å². The Labute approximate surface area is 103 Å². The van der Waals surface area contributed by atoms with Gasteiger partial charge in [0.05, 0.1) is 13.3 Å². The molecule has 0 fully saturated rings. The molecule has 2 rings (SSSR count). The highest BCUT2D eigenvalue weighted by Gasteiger charge is 2.10. The van der Waals surface area contributed by atoms with E-state index in [2.05, 4.69) is 15.0 Å². The summed E-state index contributed by atoms with van der Waals surface area (Å²) in [5.74, 6) is -0.361. The molecule has 0 saturated carbocycles. The van der Waals surface area contributed by atoms with Crippen LogP contribution in [0.2, 0.25) is 0 Å². The lowest BCUT2D eigenvalue weighted by Crippen LogP contribution is -1.96. The van der Waals surface area contributed by atoms with Crippen molar-refractivity contribution in [3.05, 3.63) is 40.9 Å². The maximum Gasteiger partial charge on any atom is 0.349 e. The molecule has 1 aromatic heterocycles. The summed E-state index contributed by atoms with van der Waals surface area (Å²) >= 11 is 1.27. The number of anilines is 2. The molecule has 0 aliphatic carbocycles. The highest BCUT2D eigenvalue weighted by Crippen LogP contribution is 2.23. The lowest BCUT2D eigenvalue weighted by molar-refractivity contribution is 0.0606. The topological polar surface area (TPSA) is 51.2 Å². The van der Waals surface area contributed by atoms with Crippen molar-refractivity contribution in [2.75, 3.05) is 12.4 Å². The van der Waals surface area contributed by atoms with Crippen LogP contribution in [0.25, 0.3) is 0 Å². The Kier molecular flexibility index (Phi) is 3.39. The van der Waals surface area contributed by atoms with Crippen molar-refractivity contribution in [2.45, 2.75) is 6.92 Å². The van der Waals surface area contributed by atoms with Crippen molar-refractivity contribution >= 4 is 28.1 Å². The Morgan fingerprint density at radius 1 is 1.47 bits per heavy atom. The van der Waals surface area contributed by atoms with Crippen LogP contribution in [-0.4, -0.2) is 18.1 Å². The number of hydrogen-bond donors (Lipinski definition) is 1. The van der Waals surface area contributed by atoms with E-state index in [1.165, 1.54) is 30.2 Å². The zero-order valence-electron chi connectivity index (χ0n) is 9.56. The van der Waals surface area contributed by atoms with Crippen molar-refractivity contribution in [3.63, 3.8) is 0 Å². The molecule has 0 radical (unpaired) electrons. The second-order valence-electron chi connectivity index (χ2n) is 3.52. The monoisotopic (exact) mass is 248 g/mol. The summed E-state index contributed by atoms with van der Waals surface area (Å²) in [5.41, 5.74) is 2.12. The van der Waals surface area contributed by atoms with Gasteiger partial charge in [-0.3, -0.25) is 0 Å². The average molecular weight is 248 g/mol. The fourth-order valence-corrected chi connectivity index (χ4v) is 2.13.